The summed E-state index contributed by atoms with van der Waals surface area (Å²) in [5.41, 5.74) is 6.04. The Morgan fingerprint density at radius 3 is 2.67 bits per heavy atom. The molecule has 114 valence electrons. The Bertz CT molecular complexity index is 760. The van der Waals surface area contributed by atoms with Crippen LogP contribution in [0.2, 0.25) is 0 Å². The first kappa shape index (κ1) is 16.0. The lowest BCUT2D eigenvalue weighted by atomic mass is 10.2. The van der Waals surface area contributed by atoms with Crippen LogP contribution in [0.4, 0.5) is 8.78 Å². The molecule has 0 aliphatic heterocycles. The summed E-state index contributed by atoms with van der Waals surface area (Å²) in [5, 5.41) is 2.47. The maximum Gasteiger partial charge on any atom is 0.243 e. The normalized spacial score (nSPS) is 11.8. The predicted octanol–water partition coefficient (Wildman–Crippen LogP) is 1.67. The highest BCUT2D eigenvalue weighted by molar-refractivity contribution is 7.89. The quantitative estimate of drug-likeness (QED) is 0.871. The van der Waals surface area contributed by atoms with Gasteiger partial charge in [0, 0.05) is 11.9 Å². The highest BCUT2D eigenvalue weighted by Gasteiger charge is 2.23. The van der Waals surface area contributed by atoms with E-state index in [1.54, 1.807) is 12.3 Å². The second-order valence-electron chi connectivity index (χ2n) is 4.28. The van der Waals surface area contributed by atoms with Gasteiger partial charge in [-0.1, -0.05) is 0 Å². The Kier molecular flexibility index (Phi) is 4.67. The second-order valence-corrected chi connectivity index (χ2v) is 7.07. The van der Waals surface area contributed by atoms with Crippen molar-refractivity contribution in [2.24, 2.45) is 5.73 Å². The zero-order valence-corrected chi connectivity index (χ0v) is 12.7. The van der Waals surface area contributed by atoms with Crippen molar-refractivity contribution in [2.45, 2.75) is 24.9 Å². The smallest absolute Gasteiger partial charge is 0.243 e. The van der Waals surface area contributed by atoms with Crippen LogP contribution < -0.4 is 10.5 Å². The van der Waals surface area contributed by atoms with Gasteiger partial charge in [0.2, 0.25) is 10.0 Å². The lowest BCUT2D eigenvalue weighted by Crippen LogP contribution is -2.25. The molecule has 2 rings (SSSR count). The first-order chi connectivity index (χ1) is 9.83. The molecule has 0 aliphatic rings. The number of rotatable bonds is 5. The van der Waals surface area contributed by atoms with Crippen LogP contribution in [0, 0.1) is 18.6 Å². The van der Waals surface area contributed by atoms with Crippen LogP contribution in [-0.4, -0.2) is 13.4 Å². The first-order valence-electron chi connectivity index (χ1n) is 5.92. The summed E-state index contributed by atoms with van der Waals surface area (Å²) in [7, 11) is -4.19. The van der Waals surface area contributed by atoms with Crippen molar-refractivity contribution in [3.8, 4) is 0 Å². The van der Waals surface area contributed by atoms with E-state index in [9.17, 15) is 17.2 Å². The van der Waals surface area contributed by atoms with Gasteiger partial charge in [0.05, 0.1) is 17.2 Å². The maximum absolute atomic E-state index is 13.7. The molecule has 0 fully saturated rings. The lowest BCUT2D eigenvalue weighted by molar-refractivity contribution is 0.481. The molecule has 0 bridgehead atoms. The van der Waals surface area contributed by atoms with Gasteiger partial charge in [0.1, 0.15) is 4.90 Å². The van der Waals surface area contributed by atoms with Crippen LogP contribution >= 0.6 is 11.3 Å². The Balaban J connectivity index is 2.29. The molecule has 0 saturated carbocycles. The van der Waals surface area contributed by atoms with Crippen LogP contribution in [-0.2, 0) is 23.1 Å². The number of hydrogen-bond donors (Lipinski definition) is 2. The third kappa shape index (κ3) is 3.62. The number of nitrogens with two attached hydrogens (primary N) is 1. The summed E-state index contributed by atoms with van der Waals surface area (Å²) >= 11 is 1.37. The first-order valence-corrected chi connectivity index (χ1v) is 8.28. The molecule has 0 radical (unpaired) electrons. The maximum atomic E-state index is 13.7. The summed E-state index contributed by atoms with van der Waals surface area (Å²) in [6.45, 7) is 1.59. The van der Waals surface area contributed by atoms with Crippen molar-refractivity contribution in [3.05, 3.63) is 45.4 Å². The lowest BCUT2D eigenvalue weighted by Gasteiger charge is -2.09. The minimum atomic E-state index is -4.19. The predicted molar refractivity (Wildman–Crippen MR) is 75.1 cm³/mol. The Morgan fingerprint density at radius 1 is 1.38 bits per heavy atom. The van der Waals surface area contributed by atoms with Gasteiger partial charge in [-0.05, 0) is 24.6 Å². The van der Waals surface area contributed by atoms with Gasteiger partial charge < -0.3 is 5.73 Å². The van der Waals surface area contributed by atoms with Gasteiger partial charge in [-0.15, -0.1) is 11.3 Å². The molecular formula is C12H13F2N3O2S2. The SMILES string of the molecule is Cc1nc(CNS(=O)(=O)c2cc(CN)cc(F)c2F)cs1. The Hall–Kier alpha value is -1.42. The van der Waals surface area contributed by atoms with Crippen LogP contribution in [0.3, 0.4) is 0 Å². The highest BCUT2D eigenvalue weighted by Crippen LogP contribution is 2.20. The molecule has 21 heavy (non-hydrogen) atoms. The third-order valence-corrected chi connectivity index (χ3v) is 4.91. The van der Waals surface area contributed by atoms with Crippen LogP contribution in [0.5, 0.6) is 0 Å². The molecule has 5 nitrogen and oxygen atoms in total. The van der Waals surface area contributed by atoms with E-state index in [1.807, 2.05) is 0 Å². The average molecular weight is 333 g/mol. The van der Waals surface area contributed by atoms with E-state index in [0.717, 1.165) is 17.1 Å². The molecule has 0 unspecified atom stereocenters. The summed E-state index contributed by atoms with van der Waals surface area (Å²) in [5.74, 6) is -2.67. The molecule has 1 heterocycles. The summed E-state index contributed by atoms with van der Waals surface area (Å²) in [4.78, 5) is 3.33. The number of benzene rings is 1. The Labute approximate surface area is 124 Å². The summed E-state index contributed by atoms with van der Waals surface area (Å²) in [6, 6.07) is 1.89. The number of aromatic nitrogens is 1. The fourth-order valence-corrected chi connectivity index (χ4v) is 3.41. The van der Waals surface area contributed by atoms with Crippen molar-refractivity contribution < 1.29 is 17.2 Å². The minimum Gasteiger partial charge on any atom is -0.326 e. The second kappa shape index (κ2) is 6.14. The largest absolute Gasteiger partial charge is 0.326 e. The third-order valence-electron chi connectivity index (χ3n) is 2.69. The van der Waals surface area contributed by atoms with Crippen molar-refractivity contribution in [2.75, 3.05) is 0 Å². The number of halogens is 2. The fourth-order valence-electron chi connectivity index (χ4n) is 1.67. The molecule has 0 amide bonds. The topological polar surface area (TPSA) is 85.1 Å². The van der Waals surface area contributed by atoms with E-state index in [1.165, 1.54) is 11.3 Å². The molecule has 1 aromatic heterocycles. The van der Waals surface area contributed by atoms with Gasteiger partial charge in [-0.2, -0.15) is 0 Å². The number of nitrogens with one attached hydrogen (secondary N) is 1. The van der Waals surface area contributed by atoms with Crippen LogP contribution in [0.1, 0.15) is 16.3 Å². The van der Waals surface area contributed by atoms with E-state index in [2.05, 4.69) is 9.71 Å². The van der Waals surface area contributed by atoms with E-state index < -0.39 is 26.6 Å². The molecular weight excluding hydrogens is 320 g/mol. The van der Waals surface area contributed by atoms with E-state index in [4.69, 9.17) is 5.73 Å². The standard InChI is InChI=1S/C12H13F2N3O2S2/c1-7-17-9(6-20-7)5-16-21(18,19)11-3-8(4-15)2-10(13)12(11)14/h2-3,6,16H,4-5,15H2,1H3. The zero-order chi connectivity index (χ0) is 15.6. The van der Waals surface area contributed by atoms with Crippen molar-refractivity contribution >= 4 is 21.4 Å². The molecule has 0 spiro atoms. The van der Waals surface area contributed by atoms with Gasteiger partial charge in [-0.3, -0.25) is 0 Å². The minimum absolute atomic E-state index is 0.0923. The number of sulfonamides is 1. The van der Waals surface area contributed by atoms with Crippen molar-refractivity contribution in [3.63, 3.8) is 0 Å². The molecule has 0 aliphatic carbocycles. The van der Waals surface area contributed by atoms with Gasteiger partial charge in [-0.25, -0.2) is 26.9 Å². The summed E-state index contributed by atoms with van der Waals surface area (Å²) < 4.78 is 53.4. The number of aryl methyl sites for hydroxylation is 1. The monoisotopic (exact) mass is 333 g/mol. The van der Waals surface area contributed by atoms with Gasteiger partial charge >= 0.3 is 0 Å². The van der Waals surface area contributed by atoms with E-state index in [-0.39, 0.29) is 18.7 Å². The molecule has 2 aromatic rings. The van der Waals surface area contributed by atoms with Crippen LogP contribution in [0.25, 0.3) is 0 Å². The highest BCUT2D eigenvalue weighted by atomic mass is 32.2. The molecule has 0 saturated heterocycles. The zero-order valence-electron chi connectivity index (χ0n) is 11.1. The summed E-state index contributed by atoms with van der Waals surface area (Å²) in [6.07, 6.45) is 0. The fraction of sp³-hybridized carbons (Fsp3) is 0.250. The molecule has 1 aromatic carbocycles. The number of hydrogen-bond acceptors (Lipinski definition) is 5. The number of thiazole rings is 1. The Morgan fingerprint density at radius 2 is 2.10 bits per heavy atom. The molecule has 0 atom stereocenters. The van der Waals surface area contributed by atoms with Crippen molar-refractivity contribution in [1.82, 2.24) is 9.71 Å². The molecule has 9 heteroatoms. The van der Waals surface area contributed by atoms with Gasteiger partial charge in [0.25, 0.3) is 0 Å². The average Bonchev–Trinajstić information content (AvgIpc) is 2.85. The van der Waals surface area contributed by atoms with E-state index >= 15 is 0 Å². The molecule has 3 N–H and O–H groups in total. The number of nitrogens with zero attached hydrogens (tertiary/aromatic N) is 1. The van der Waals surface area contributed by atoms with E-state index in [0.29, 0.717) is 5.69 Å². The van der Waals surface area contributed by atoms with Crippen LogP contribution in [0.15, 0.2) is 22.4 Å². The van der Waals surface area contributed by atoms with Gasteiger partial charge in [0.15, 0.2) is 11.6 Å². The van der Waals surface area contributed by atoms with Crippen molar-refractivity contribution in [1.29, 1.82) is 0 Å².